The number of thiophene rings is 1. The molecule has 1 aromatic rings. The monoisotopic (exact) mass is 286 g/mol. The molecule has 1 aliphatic rings. The van der Waals surface area contributed by atoms with Crippen LogP contribution >= 0.6 is 11.3 Å². The Balaban J connectivity index is 0.000000956. The zero-order chi connectivity index (χ0) is 15.0. The van der Waals surface area contributed by atoms with Crippen LogP contribution in [-0.2, 0) is 13.0 Å². The molecule has 106 valence electrons. The van der Waals surface area contributed by atoms with E-state index >= 15 is 0 Å². The minimum Gasteiger partial charge on any atom is -0.280 e. The SMILES string of the molecule is C=C/C=C(\C=C)C(C#N)N1CCc2sccc2C1.CC. The highest BCUT2D eigenvalue weighted by Gasteiger charge is 2.25. The molecule has 0 aliphatic carbocycles. The van der Waals surface area contributed by atoms with E-state index in [-0.39, 0.29) is 6.04 Å². The van der Waals surface area contributed by atoms with Gasteiger partial charge in [-0.25, -0.2) is 0 Å². The summed E-state index contributed by atoms with van der Waals surface area (Å²) < 4.78 is 0. The maximum atomic E-state index is 9.39. The summed E-state index contributed by atoms with van der Waals surface area (Å²) in [6, 6.07) is 4.30. The van der Waals surface area contributed by atoms with E-state index in [2.05, 4.69) is 35.6 Å². The molecular formula is C17H22N2S. The number of rotatable bonds is 4. The van der Waals surface area contributed by atoms with Crippen LogP contribution in [0.25, 0.3) is 0 Å². The lowest BCUT2D eigenvalue weighted by molar-refractivity contribution is 0.240. The molecule has 2 nitrogen and oxygen atoms in total. The fraction of sp³-hybridized carbons (Fsp3) is 0.353. The van der Waals surface area contributed by atoms with Gasteiger partial charge in [-0.3, -0.25) is 4.90 Å². The van der Waals surface area contributed by atoms with Gasteiger partial charge in [0, 0.05) is 18.0 Å². The molecule has 0 saturated carbocycles. The fourth-order valence-corrected chi connectivity index (χ4v) is 3.15. The van der Waals surface area contributed by atoms with Crippen molar-refractivity contribution in [2.24, 2.45) is 0 Å². The van der Waals surface area contributed by atoms with Gasteiger partial charge in [0.05, 0.1) is 6.07 Å². The number of nitriles is 1. The van der Waals surface area contributed by atoms with Gasteiger partial charge in [-0.15, -0.1) is 11.3 Å². The lowest BCUT2D eigenvalue weighted by Crippen LogP contribution is -2.38. The van der Waals surface area contributed by atoms with Gasteiger partial charge in [-0.1, -0.05) is 45.2 Å². The summed E-state index contributed by atoms with van der Waals surface area (Å²) in [4.78, 5) is 3.65. The number of hydrogen-bond acceptors (Lipinski definition) is 3. The van der Waals surface area contributed by atoms with Crippen molar-refractivity contribution in [2.75, 3.05) is 6.54 Å². The van der Waals surface area contributed by atoms with Crippen molar-refractivity contribution in [1.82, 2.24) is 4.90 Å². The summed E-state index contributed by atoms with van der Waals surface area (Å²) in [6.45, 7) is 13.2. The molecule has 2 heterocycles. The van der Waals surface area contributed by atoms with Gasteiger partial charge in [-0.05, 0) is 29.0 Å². The van der Waals surface area contributed by atoms with Crippen LogP contribution in [0.2, 0.25) is 0 Å². The predicted octanol–water partition coefficient (Wildman–Crippen LogP) is 4.32. The van der Waals surface area contributed by atoms with Gasteiger partial charge >= 0.3 is 0 Å². The molecule has 0 amide bonds. The molecule has 1 aromatic heterocycles. The molecule has 3 heteroatoms. The molecule has 1 atom stereocenters. The molecule has 0 spiro atoms. The third kappa shape index (κ3) is 3.69. The van der Waals surface area contributed by atoms with E-state index in [1.165, 1.54) is 10.4 Å². The standard InChI is InChI=1S/C15H16N2S.C2H6/c1-3-5-12(4-2)14(10-16)17-8-6-15-13(11-17)7-9-18-15;1-2/h3-5,7,9,14H,1-2,6,8,11H2;1-2H3/b12-5+;. The largest absolute Gasteiger partial charge is 0.280 e. The highest BCUT2D eigenvalue weighted by molar-refractivity contribution is 7.10. The van der Waals surface area contributed by atoms with Crippen LogP contribution in [0.15, 0.2) is 48.4 Å². The maximum Gasteiger partial charge on any atom is 0.124 e. The number of allylic oxidation sites excluding steroid dienone is 2. The zero-order valence-electron chi connectivity index (χ0n) is 12.3. The highest BCUT2D eigenvalue weighted by atomic mass is 32.1. The Hall–Kier alpha value is -1.63. The van der Waals surface area contributed by atoms with E-state index in [1.54, 1.807) is 12.2 Å². The van der Waals surface area contributed by atoms with Crippen molar-refractivity contribution in [2.45, 2.75) is 32.9 Å². The molecule has 0 N–H and O–H groups in total. The van der Waals surface area contributed by atoms with Crippen molar-refractivity contribution < 1.29 is 0 Å². The average molecular weight is 286 g/mol. The summed E-state index contributed by atoms with van der Waals surface area (Å²) in [7, 11) is 0. The minimum atomic E-state index is -0.228. The number of hydrogen-bond donors (Lipinski definition) is 0. The fourth-order valence-electron chi connectivity index (χ4n) is 2.26. The first-order valence-electron chi connectivity index (χ1n) is 6.94. The molecule has 0 fully saturated rings. The van der Waals surface area contributed by atoms with Crippen LogP contribution in [0.3, 0.4) is 0 Å². The molecule has 1 unspecified atom stereocenters. The molecular weight excluding hydrogens is 264 g/mol. The second-order valence-corrected chi connectivity index (χ2v) is 5.23. The molecule has 2 rings (SSSR count). The summed E-state index contributed by atoms with van der Waals surface area (Å²) >= 11 is 1.81. The van der Waals surface area contributed by atoms with Gasteiger partial charge in [0.1, 0.15) is 6.04 Å². The third-order valence-electron chi connectivity index (χ3n) is 3.19. The van der Waals surface area contributed by atoms with Crippen LogP contribution < -0.4 is 0 Å². The Morgan fingerprint density at radius 2 is 2.25 bits per heavy atom. The van der Waals surface area contributed by atoms with E-state index in [4.69, 9.17) is 0 Å². The normalized spacial score (nSPS) is 16.1. The van der Waals surface area contributed by atoms with Crippen molar-refractivity contribution in [1.29, 1.82) is 5.26 Å². The number of fused-ring (bicyclic) bond motifs is 1. The topological polar surface area (TPSA) is 27.0 Å². The Morgan fingerprint density at radius 3 is 2.85 bits per heavy atom. The van der Waals surface area contributed by atoms with Gasteiger partial charge in [0.15, 0.2) is 0 Å². The molecule has 0 radical (unpaired) electrons. The van der Waals surface area contributed by atoms with Crippen molar-refractivity contribution in [3.8, 4) is 6.07 Å². The predicted molar refractivity (Wildman–Crippen MR) is 87.7 cm³/mol. The zero-order valence-corrected chi connectivity index (χ0v) is 13.1. The van der Waals surface area contributed by atoms with Crippen LogP contribution in [-0.4, -0.2) is 17.5 Å². The molecule has 0 bridgehead atoms. The Labute approximate surface area is 126 Å². The van der Waals surface area contributed by atoms with Gasteiger partial charge < -0.3 is 0 Å². The van der Waals surface area contributed by atoms with Crippen LogP contribution in [0.1, 0.15) is 24.3 Å². The third-order valence-corrected chi connectivity index (χ3v) is 4.21. The summed E-state index contributed by atoms with van der Waals surface area (Å²) in [6.07, 6.45) is 6.35. The number of nitrogens with zero attached hydrogens (tertiary/aromatic N) is 2. The van der Waals surface area contributed by atoms with Crippen LogP contribution in [0.5, 0.6) is 0 Å². The summed E-state index contributed by atoms with van der Waals surface area (Å²) in [5.74, 6) is 0. The van der Waals surface area contributed by atoms with Crippen molar-refractivity contribution in [3.05, 3.63) is 58.8 Å². The van der Waals surface area contributed by atoms with E-state index in [0.717, 1.165) is 25.1 Å². The molecule has 0 aromatic carbocycles. The van der Waals surface area contributed by atoms with Crippen molar-refractivity contribution >= 4 is 11.3 Å². The Bertz CT molecular complexity index is 519. The first-order chi connectivity index (χ1) is 9.80. The van der Waals surface area contributed by atoms with Gasteiger partial charge in [0.2, 0.25) is 0 Å². The van der Waals surface area contributed by atoms with Crippen molar-refractivity contribution in [3.63, 3.8) is 0 Å². The smallest absolute Gasteiger partial charge is 0.124 e. The lowest BCUT2D eigenvalue weighted by Gasteiger charge is -2.31. The second kappa shape index (κ2) is 8.52. The Kier molecular flexibility index (Phi) is 7.00. The lowest BCUT2D eigenvalue weighted by atomic mass is 10.0. The maximum absolute atomic E-state index is 9.39. The summed E-state index contributed by atoms with van der Waals surface area (Å²) in [5, 5.41) is 11.5. The highest BCUT2D eigenvalue weighted by Crippen LogP contribution is 2.26. The minimum absolute atomic E-state index is 0.228. The second-order valence-electron chi connectivity index (χ2n) is 4.23. The summed E-state index contributed by atoms with van der Waals surface area (Å²) in [5.41, 5.74) is 2.28. The van der Waals surface area contributed by atoms with Gasteiger partial charge in [-0.2, -0.15) is 5.26 Å². The first-order valence-corrected chi connectivity index (χ1v) is 7.82. The van der Waals surface area contributed by atoms with E-state index in [0.29, 0.717) is 0 Å². The Morgan fingerprint density at radius 1 is 1.50 bits per heavy atom. The van der Waals surface area contributed by atoms with E-state index in [1.807, 2.05) is 31.3 Å². The van der Waals surface area contributed by atoms with E-state index in [9.17, 15) is 5.26 Å². The van der Waals surface area contributed by atoms with E-state index < -0.39 is 0 Å². The van der Waals surface area contributed by atoms with Gasteiger partial charge in [0.25, 0.3) is 0 Å². The molecule has 20 heavy (non-hydrogen) atoms. The average Bonchev–Trinajstić information content (AvgIpc) is 2.96. The molecule has 0 saturated heterocycles. The van der Waals surface area contributed by atoms with Crippen LogP contribution in [0.4, 0.5) is 0 Å². The quantitative estimate of drug-likeness (QED) is 0.771. The molecule has 1 aliphatic heterocycles. The first kappa shape index (κ1) is 16.4. The van der Waals surface area contributed by atoms with Crippen LogP contribution in [0, 0.1) is 11.3 Å².